The summed E-state index contributed by atoms with van der Waals surface area (Å²) in [5.74, 6) is 0.629. The lowest BCUT2D eigenvalue weighted by Crippen LogP contribution is -2.09. The highest BCUT2D eigenvalue weighted by Crippen LogP contribution is 2.22. The second-order valence-electron chi connectivity index (χ2n) is 4.69. The maximum Gasteiger partial charge on any atom is 0.204 e. The van der Waals surface area contributed by atoms with Crippen LogP contribution in [0.3, 0.4) is 0 Å². The topological polar surface area (TPSA) is 61.4 Å². The van der Waals surface area contributed by atoms with Crippen molar-refractivity contribution in [1.82, 2.24) is 30.0 Å². The third-order valence-corrected chi connectivity index (χ3v) is 4.19. The summed E-state index contributed by atoms with van der Waals surface area (Å²) in [5, 5.41) is 17.1. The smallest absolute Gasteiger partial charge is 0.204 e. The van der Waals surface area contributed by atoms with Crippen molar-refractivity contribution in [3.8, 4) is 11.4 Å². The summed E-state index contributed by atoms with van der Waals surface area (Å²) in [4.78, 5) is 1.59. The van der Waals surface area contributed by atoms with E-state index in [1.165, 1.54) is 0 Å². The normalized spacial score (nSPS) is 11.0. The largest absolute Gasteiger partial charge is 0.269 e. The van der Waals surface area contributed by atoms with Crippen molar-refractivity contribution in [3.63, 3.8) is 0 Å². The molecule has 2 aromatic heterocycles. The molecule has 0 unspecified atom stereocenters. The van der Waals surface area contributed by atoms with Gasteiger partial charge in [0.25, 0.3) is 0 Å². The Morgan fingerprint density at radius 2 is 1.90 bits per heavy atom. The van der Waals surface area contributed by atoms with Crippen LogP contribution in [0.2, 0.25) is 0 Å². The van der Waals surface area contributed by atoms with Gasteiger partial charge in [-0.15, -0.1) is 10.2 Å². The number of nitrogens with zero attached hydrogens (tertiary/aromatic N) is 6. The lowest BCUT2D eigenvalue weighted by molar-refractivity contribution is 0.540. The Morgan fingerprint density at radius 1 is 1.14 bits per heavy atom. The average molecular weight is 347 g/mol. The number of hydrogen-bond donors (Lipinski definition) is 0. The monoisotopic (exact) mass is 346 g/mol. The molecule has 7 heteroatoms. The zero-order chi connectivity index (χ0) is 14.8. The highest BCUT2D eigenvalue weighted by molar-refractivity contribution is 9.10. The van der Waals surface area contributed by atoms with Gasteiger partial charge < -0.3 is 0 Å². The van der Waals surface area contributed by atoms with Gasteiger partial charge in [-0.25, -0.2) is 0 Å². The molecular formula is C14H15BrN6. The van der Waals surface area contributed by atoms with E-state index < -0.39 is 0 Å². The minimum Gasteiger partial charge on any atom is -0.269 e. The van der Waals surface area contributed by atoms with Gasteiger partial charge in [-0.05, 0) is 27.6 Å². The maximum absolute atomic E-state index is 4.47. The second-order valence-corrected chi connectivity index (χ2v) is 5.49. The fourth-order valence-electron chi connectivity index (χ4n) is 2.14. The Morgan fingerprint density at radius 3 is 2.57 bits per heavy atom. The molecule has 0 amide bonds. The van der Waals surface area contributed by atoms with Crippen molar-refractivity contribution < 1.29 is 0 Å². The minimum atomic E-state index is 0.532. The molecular weight excluding hydrogens is 332 g/mol. The highest BCUT2D eigenvalue weighted by atomic mass is 79.9. The Bertz CT molecular complexity index is 746. The van der Waals surface area contributed by atoms with Crippen molar-refractivity contribution in [3.05, 3.63) is 46.2 Å². The standard InChI is InChI=1S/C14H15BrN6/c1-3-11-13(15)12(20(2)17-11)9-21-18-14(16-19-21)10-7-5-4-6-8-10/h4-8H,3,9H2,1-2H3. The zero-order valence-corrected chi connectivity index (χ0v) is 13.4. The van der Waals surface area contributed by atoms with Crippen LogP contribution in [0.5, 0.6) is 0 Å². The lowest BCUT2D eigenvalue weighted by Gasteiger charge is -2.01. The van der Waals surface area contributed by atoms with Crippen LogP contribution in [0.25, 0.3) is 11.4 Å². The van der Waals surface area contributed by atoms with E-state index in [2.05, 4.69) is 43.4 Å². The van der Waals surface area contributed by atoms with Crippen molar-refractivity contribution in [1.29, 1.82) is 0 Å². The summed E-state index contributed by atoms with van der Waals surface area (Å²) in [5.41, 5.74) is 3.03. The van der Waals surface area contributed by atoms with Gasteiger partial charge in [-0.2, -0.15) is 9.90 Å². The molecule has 0 aliphatic carbocycles. The van der Waals surface area contributed by atoms with Crippen LogP contribution in [0, 0.1) is 0 Å². The third-order valence-electron chi connectivity index (χ3n) is 3.28. The zero-order valence-electron chi connectivity index (χ0n) is 11.9. The van der Waals surface area contributed by atoms with Crippen molar-refractivity contribution >= 4 is 15.9 Å². The Kier molecular flexibility index (Phi) is 3.83. The van der Waals surface area contributed by atoms with E-state index in [4.69, 9.17) is 0 Å². The van der Waals surface area contributed by atoms with Crippen molar-refractivity contribution in [2.45, 2.75) is 19.9 Å². The molecule has 6 nitrogen and oxygen atoms in total. The van der Waals surface area contributed by atoms with Gasteiger partial charge in [0.2, 0.25) is 5.82 Å². The molecule has 0 N–H and O–H groups in total. The minimum absolute atomic E-state index is 0.532. The molecule has 0 radical (unpaired) electrons. The molecule has 0 fully saturated rings. The van der Waals surface area contributed by atoms with Gasteiger partial charge in [0.15, 0.2) is 0 Å². The Balaban J connectivity index is 1.87. The van der Waals surface area contributed by atoms with Gasteiger partial charge in [0, 0.05) is 12.6 Å². The molecule has 1 aromatic carbocycles. The predicted octanol–water partition coefficient (Wildman–Crippen LogP) is 2.45. The maximum atomic E-state index is 4.47. The molecule has 0 atom stereocenters. The van der Waals surface area contributed by atoms with Gasteiger partial charge >= 0.3 is 0 Å². The van der Waals surface area contributed by atoms with Gasteiger partial charge in [0.1, 0.15) is 6.54 Å². The van der Waals surface area contributed by atoms with Gasteiger partial charge in [-0.3, -0.25) is 4.68 Å². The first-order chi connectivity index (χ1) is 10.2. The summed E-state index contributed by atoms with van der Waals surface area (Å²) in [7, 11) is 1.92. The summed E-state index contributed by atoms with van der Waals surface area (Å²) < 4.78 is 2.88. The highest BCUT2D eigenvalue weighted by Gasteiger charge is 2.14. The molecule has 0 bridgehead atoms. The number of benzene rings is 1. The number of tetrazole rings is 1. The van der Waals surface area contributed by atoms with Crippen LogP contribution < -0.4 is 0 Å². The molecule has 0 aliphatic rings. The third kappa shape index (κ3) is 2.73. The van der Waals surface area contributed by atoms with Crippen molar-refractivity contribution in [2.75, 3.05) is 0 Å². The number of halogens is 1. The van der Waals surface area contributed by atoms with E-state index >= 15 is 0 Å². The number of aromatic nitrogens is 6. The second kappa shape index (κ2) is 5.77. The molecule has 108 valence electrons. The first-order valence-electron chi connectivity index (χ1n) is 6.72. The van der Waals surface area contributed by atoms with Crippen LogP contribution in [-0.2, 0) is 20.0 Å². The average Bonchev–Trinajstić information content (AvgIpc) is 3.08. The van der Waals surface area contributed by atoms with Crippen LogP contribution in [-0.4, -0.2) is 30.0 Å². The molecule has 3 aromatic rings. The SMILES string of the molecule is CCc1nn(C)c(Cn2nnc(-c3ccccc3)n2)c1Br. The van der Waals surface area contributed by atoms with Gasteiger partial charge in [-0.1, -0.05) is 37.3 Å². The van der Waals surface area contributed by atoms with Crippen LogP contribution in [0.4, 0.5) is 0 Å². The lowest BCUT2D eigenvalue weighted by atomic mass is 10.2. The van der Waals surface area contributed by atoms with Gasteiger partial charge in [0.05, 0.1) is 15.9 Å². The fraction of sp³-hybridized carbons (Fsp3) is 0.286. The molecule has 3 rings (SSSR count). The molecule has 0 spiro atoms. The molecule has 0 saturated carbocycles. The van der Waals surface area contributed by atoms with E-state index in [0.29, 0.717) is 12.4 Å². The van der Waals surface area contributed by atoms with E-state index in [1.807, 2.05) is 42.1 Å². The quantitative estimate of drug-likeness (QED) is 0.727. The number of hydrogen-bond acceptors (Lipinski definition) is 4. The van der Waals surface area contributed by atoms with Crippen LogP contribution in [0.15, 0.2) is 34.8 Å². The summed E-state index contributed by atoms with van der Waals surface area (Å²) in [6.45, 7) is 2.61. The number of rotatable bonds is 4. The van der Waals surface area contributed by atoms with E-state index in [0.717, 1.165) is 27.8 Å². The van der Waals surface area contributed by atoms with E-state index in [-0.39, 0.29) is 0 Å². The molecule has 0 aliphatic heterocycles. The summed E-state index contributed by atoms with van der Waals surface area (Å²) >= 11 is 3.60. The summed E-state index contributed by atoms with van der Waals surface area (Å²) in [6.07, 6.45) is 0.883. The van der Waals surface area contributed by atoms with E-state index in [1.54, 1.807) is 4.80 Å². The van der Waals surface area contributed by atoms with E-state index in [9.17, 15) is 0 Å². The van der Waals surface area contributed by atoms with Crippen molar-refractivity contribution in [2.24, 2.45) is 7.05 Å². The van der Waals surface area contributed by atoms with Crippen LogP contribution in [0.1, 0.15) is 18.3 Å². The van der Waals surface area contributed by atoms with Crippen LogP contribution >= 0.6 is 15.9 Å². The Hall–Kier alpha value is -2.02. The molecule has 21 heavy (non-hydrogen) atoms. The first-order valence-corrected chi connectivity index (χ1v) is 7.51. The first kappa shape index (κ1) is 13.9. The number of aryl methyl sites for hydroxylation is 2. The predicted molar refractivity (Wildman–Crippen MR) is 82.6 cm³/mol. The fourth-order valence-corrected chi connectivity index (χ4v) is 2.88. The summed E-state index contributed by atoms with van der Waals surface area (Å²) in [6, 6.07) is 9.82. The molecule has 0 saturated heterocycles. The molecule has 2 heterocycles. The Labute approximate surface area is 130 Å².